The van der Waals surface area contributed by atoms with E-state index in [2.05, 4.69) is 52.0 Å². The van der Waals surface area contributed by atoms with E-state index in [1.165, 1.54) is 20.2 Å². The van der Waals surface area contributed by atoms with Crippen molar-refractivity contribution >= 4 is 55.7 Å². The Balaban J connectivity index is 1.93. The largest absolute Gasteiger partial charge is 0.495 e. The van der Waals surface area contributed by atoms with E-state index in [1.54, 1.807) is 11.3 Å². The summed E-state index contributed by atoms with van der Waals surface area (Å²) >= 11 is 7.90. The van der Waals surface area contributed by atoms with Crippen LogP contribution in [0.4, 0.5) is 0 Å². The quantitative estimate of drug-likeness (QED) is 0.578. The average molecular weight is 345 g/mol. The number of benzene rings is 2. The van der Waals surface area contributed by atoms with E-state index >= 15 is 0 Å². The zero-order chi connectivity index (χ0) is 16.4. The molecule has 0 bridgehead atoms. The second-order valence-electron chi connectivity index (χ2n) is 7.05. The van der Waals surface area contributed by atoms with Crippen molar-refractivity contribution in [2.75, 3.05) is 0 Å². The summed E-state index contributed by atoms with van der Waals surface area (Å²) in [5.41, 5.74) is 0.416. The standard InChI is InChI=1S/C18H18BClO2S/c1-17(2)18(3,4)22-19(21-17)13-6-5-7-14-16(13)12-9-8-11(20)10-15(12)23-14/h5-10H,1-4H3. The number of halogens is 1. The summed E-state index contributed by atoms with van der Waals surface area (Å²) in [6.45, 7) is 8.33. The van der Waals surface area contributed by atoms with Gasteiger partial charge in [0.25, 0.3) is 0 Å². The molecule has 1 fully saturated rings. The van der Waals surface area contributed by atoms with Gasteiger partial charge in [0.15, 0.2) is 0 Å². The summed E-state index contributed by atoms with van der Waals surface area (Å²) in [6.07, 6.45) is 0. The molecule has 5 heteroatoms. The Hall–Kier alpha value is -1.07. The maximum atomic E-state index is 6.26. The molecule has 118 valence electrons. The SMILES string of the molecule is CC1(C)OB(c2cccc3sc4cc(Cl)ccc4c23)OC1(C)C. The molecular formula is C18H18BClO2S. The van der Waals surface area contributed by atoms with Gasteiger partial charge < -0.3 is 9.31 Å². The van der Waals surface area contributed by atoms with Crippen LogP contribution in [0, 0.1) is 0 Å². The average Bonchev–Trinajstić information content (AvgIpc) is 2.92. The van der Waals surface area contributed by atoms with E-state index in [-0.39, 0.29) is 18.3 Å². The lowest BCUT2D eigenvalue weighted by Crippen LogP contribution is -2.41. The summed E-state index contributed by atoms with van der Waals surface area (Å²) in [5, 5.41) is 3.18. The van der Waals surface area contributed by atoms with Gasteiger partial charge in [0, 0.05) is 25.2 Å². The summed E-state index contributed by atoms with van der Waals surface area (Å²) in [7, 11) is -0.350. The Labute approximate surface area is 145 Å². The fraction of sp³-hybridized carbons (Fsp3) is 0.333. The summed E-state index contributed by atoms with van der Waals surface area (Å²) in [4.78, 5) is 0. The van der Waals surface area contributed by atoms with E-state index in [0.717, 1.165) is 10.5 Å². The molecule has 0 spiro atoms. The van der Waals surface area contributed by atoms with Crippen LogP contribution in [0.5, 0.6) is 0 Å². The highest BCUT2D eigenvalue weighted by molar-refractivity contribution is 7.26. The Bertz CT molecular complexity index is 900. The fourth-order valence-corrected chi connectivity index (χ4v) is 4.41. The topological polar surface area (TPSA) is 18.5 Å². The normalized spacial score (nSPS) is 19.8. The van der Waals surface area contributed by atoms with E-state index in [4.69, 9.17) is 20.9 Å². The van der Waals surface area contributed by atoms with Gasteiger partial charge in [-0.2, -0.15) is 0 Å². The van der Waals surface area contributed by atoms with Gasteiger partial charge in [0.2, 0.25) is 0 Å². The molecule has 0 unspecified atom stereocenters. The van der Waals surface area contributed by atoms with Gasteiger partial charge in [0.05, 0.1) is 11.2 Å². The van der Waals surface area contributed by atoms with Crippen LogP contribution >= 0.6 is 22.9 Å². The first kappa shape index (κ1) is 15.5. The molecule has 2 aromatic carbocycles. The number of fused-ring (bicyclic) bond motifs is 3. The highest BCUT2D eigenvalue weighted by atomic mass is 35.5. The van der Waals surface area contributed by atoms with Crippen LogP contribution in [-0.4, -0.2) is 18.3 Å². The predicted octanol–water partition coefficient (Wildman–Crippen LogP) is 5.01. The van der Waals surface area contributed by atoms with E-state index in [9.17, 15) is 0 Å². The van der Waals surface area contributed by atoms with Crippen molar-refractivity contribution in [1.82, 2.24) is 0 Å². The molecule has 0 N–H and O–H groups in total. The lowest BCUT2D eigenvalue weighted by atomic mass is 9.76. The summed E-state index contributed by atoms with van der Waals surface area (Å²) < 4.78 is 14.9. The third kappa shape index (κ3) is 2.32. The van der Waals surface area contributed by atoms with Crippen molar-refractivity contribution in [3.8, 4) is 0 Å². The Morgan fingerprint density at radius 1 is 0.957 bits per heavy atom. The molecule has 1 aromatic heterocycles. The molecule has 3 aromatic rings. The molecule has 1 aliphatic rings. The summed E-state index contributed by atoms with van der Waals surface area (Å²) in [6, 6.07) is 12.4. The molecule has 0 atom stereocenters. The van der Waals surface area contributed by atoms with Crippen molar-refractivity contribution < 1.29 is 9.31 Å². The molecule has 1 aliphatic heterocycles. The van der Waals surface area contributed by atoms with Gasteiger partial charge in [-0.1, -0.05) is 29.8 Å². The van der Waals surface area contributed by atoms with Crippen LogP contribution in [0.3, 0.4) is 0 Å². The number of thiophene rings is 1. The molecule has 2 heterocycles. The van der Waals surface area contributed by atoms with Crippen molar-refractivity contribution in [1.29, 1.82) is 0 Å². The van der Waals surface area contributed by atoms with Crippen LogP contribution in [-0.2, 0) is 9.31 Å². The first-order chi connectivity index (χ1) is 10.8. The monoisotopic (exact) mass is 344 g/mol. The maximum absolute atomic E-state index is 6.26. The van der Waals surface area contributed by atoms with Crippen molar-refractivity contribution in [3.05, 3.63) is 41.4 Å². The first-order valence-corrected chi connectivity index (χ1v) is 8.94. The van der Waals surface area contributed by atoms with Gasteiger partial charge in [-0.05, 0) is 51.4 Å². The minimum Gasteiger partial charge on any atom is -0.399 e. The molecule has 1 saturated heterocycles. The van der Waals surface area contributed by atoms with Crippen LogP contribution < -0.4 is 5.46 Å². The first-order valence-electron chi connectivity index (χ1n) is 7.75. The second kappa shape index (κ2) is 4.96. The van der Waals surface area contributed by atoms with Crippen LogP contribution in [0.2, 0.25) is 5.02 Å². The molecular weight excluding hydrogens is 327 g/mol. The predicted molar refractivity (Wildman–Crippen MR) is 100 cm³/mol. The van der Waals surface area contributed by atoms with Crippen molar-refractivity contribution in [2.24, 2.45) is 0 Å². The Kier molecular flexibility index (Phi) is 3.34. The van der Waals surface area contributed by atoms with E-state index in [1.807, 2.05) is 12.1 Å². The van der Waals surface area contributed by atoms with Gasteiger partial charge in [-0.15, -0.1) is 11.3 Å². The Morgan fingerprint density at radius 2 is 1.65 bits per heavy atom. The van der Waals surface area contributed by atoms with Crippen molar-refractivity contribution in [2.45, 2.75) is 38.9 Å². The molecule has 0 aliphatic carbocycles. The highest BCUT2D eigenvalue weighted by Gasteiger charge is 2.52. The molecule has 0 amide bonds. The van der Waals surface area contributed by atoms with Crippen molar-refractivity contribution in [3.63, 3.8) is 0 Å². The molecule has 0 radical (unpaired) electrons. The van der Waals surface area contributed by atoms with Crippen LogP contribution in [0.1, 0.15) is 27.7 Å². The molecule has 23 heavy (non-hydrogen) atoms. The van der Waals surface area contributed by atoms with E-state index in [0.29, 0.717) is 0 Å². The lowest BCUT2D eigenvalue weighted by Gasteiger charge is -2.32. The minimum absolute atomic E-state index is 0.338. The molecule has 4 rings (SSSR count). The van der Waals surface area contributed by atoms with Gasteiger partial charge >= 0.3 is 7.12 Å². The fourth-order valence-electron chi connectivity index (χ4n) is 2.99. The Morgan fingerprint density at radius 3 is 2.35 bits per heavy atom. The molecule has 2 nitrogen and oxygen atoms in total. The third-order valence-electron chi connectivity index (χ3n) is 5.00. The molecule has 0 saturated carbocycles. The van der Waals surface area contributed by atoms with Gasteiger partial charge in [-0.3, -0.25) is 0 Å². The van der Waals surface area contributed by atoms with Gasteiger partial charge in [0.1, 0.15) is 0 Å². The minimum atomic E-state index is -0.350. The zero-order valence-corrected chi connectivity index (χ0v) is 15.2. The van der Waals surface area contributed by atoms with Crippen LogP contribution in [0.25, 0.3) is 20.2 Å². The smallest absolute Gasteiger partial charge is 0.399 e. The van der Waals surface area contributed by atoms with Crippen LogP contribution in [0.15, 0.2) is 36.4 Å². The number of hydrogen-bond acceptors (Lipinski definition) is 3. The number of rotatable bonds is 1. The summed E-state index contributed by atoms with van der Waals surface area (Å²) in [5.74, 6) is 0. The van der Waals surface area contributed by atoms with Gasteiger partial charge in [-0.25, -0.2) is 0 Å². The van der Waals surface area contributed by atoms with E-state index < -0.39 is 0 Å². The second-order valence-corrected chi connectivity index (χ2v) is 8.57. The third-order valence-corrected chi connectivity index (χ3v) is 6.35. The zero-order valence-electron chi connectivity index (χ0n) is 13.6. The number of hydrogen-bond donors (Lipinski definition) is 0. The lowest BCUT2D eigenvalue weighted by molar-refractivity contribution is 0.00578. The highest BCUT2D eigenvalue weighted by Crippen LogP contribution is 2.39. The maximum Gasteiger partial charge on any atom is 0.495 e.